The normalized spacial score (nSPS) is 10.2. The molecule has 0 saturated carbocycles. The molecule has 0 aliphatic rings. The number of carbonyl (C=O) groups is 1. The Morgan fingerprint density at radius 1 is 1.52 bits per heavy atom. The van der Waals surface area contributed by atoms with Crippen molar-refractivity contribution in [3.63, 3.8) is 0 Å². The van der Waals surface area contributed by atoms with Gasteiger partial charge in [-0.25, -0.2) is 4.39 Å². The van der Waals surface area contributed by atoms with Crippen LogP contribution in [0.25, 0.3) is 0 Å². The van der Waals surface area contributed by atoms with Crippen molar-refractivity contribution in [2.75, 3.05) is 19.8 Å². The van der Waals surface area contributed by atoms with Gasteiger partial charge in [0.05, 0.1) is 23.7 Å². The minimum absolute atomic E-state index is 0.0490. The second-order valence-corrected chi connectivity index (χ2v) is 4.65. The van der Waals surface area contributed by atoms with Crippen LogP contribution in [0.1, 0.15) is 22.8 Å². The molecule has 21 heavy (non-hydrogen) atoms. The van der Waals surface area contributed by atoms with E-state index >= 15 is 0 Å². The highest BCUT2D eigenvalue weighted by atomic mass is 19.1. The monoisotopic (exact) mass is 296 g/mol. The van der Waals surface area contributed by atoms with Gasteiger partial charge in [0.15, 0.2) is 0 Å². The molecule has 0 fully saturated rings. The van der Waals surface area contributed by atoms with Crippen LogP contribution in [0.3, 0.4) is 0 Å². The van der Waals surface area contributed by atoms with Crippen molar-refractivity contribution in [1.82, 2.24) is 5.32 Å². The Morgan fingerprint density at radius 2 is 2.19 bits per heavy atom. The summed E-state index contributed by atoms with van der Waals surface area (Å²) in [5.74, 6) is -1.47. The summed E-state index contributed by atoms with van der Waals surface area (Å²) in [6.45, 7) is 7.63. The Bertz CT molecular complexity index is 572. The van der Waals surface area contributed by atoms with E-state index < -0.39 is 16.6 Å². The number of aryl methyl sites for hydroxylation is 1. The summed E-state index contributed by atoms with van der Waals surface area (Å²) in [4.78, 5) is 21.9. The summed E-state index contributed by atoms with van der Waals surface area (Å²) >= 11 is 0. The van der Waals surface area contributed by atoms with Crippen molar-refractivity contribution in [3.8, 4) is 0 Å². The standard InChI is InChI=1S/C14H17FN2O4/c1-9(2)8-21-5-4-16-14(18)12-7-11(17(19)20)6-10(3)13(12)15/h6-7H,1,4-5,8H2,2-3H3,(H,16,18). The highest BCUT2D eigenvalue weighted by Gasteiger charge is 2.19. The molecular formula is C14H17FN2O4. The fraction of sp³-hybridized carbons (Fsp3) is 0.357. The number of halogens is 1. The SMILES string of the molecule is C=C(C)COCCNC(=O)c1cc([N+](=O)[O-])cc(C)c1F. The molecule has 1 rings (SSSR count). The van der Waals surface area contributed by atoms with E-state index in [4.69, 9.17) is 4.74 Å². The van der Waals surface area contributed by atoms with Gasteiger partial charge >= 0.3 is 0 Å². The van der Waals surface area contributed by atoms with Crippen LogP contribution in [0.15, 0.2) is 24.3 Å². The first-order valence-electron chi connectivity index (χ1n) is 6.27. The van der Waals surface area contributed by atoms with Gasteiger partial charge < -0.3 is 10.1 Å². The Hall–Kier alpha value is -2.28. The van der Waals surface area contributed by atoms with Gasteiger partial charge in [-0.05, 0) is 19.4 Å². The minimum Gasteiger partial charge on any atom is -0.375 e. The lowest BCUT2D eigenvalue weighted by atomic mass is 10.1. The second kappa shape index (κ2) is 7.49. The maximum Gasteiger partial charge on any atom is 0.270 e. The zero-order valence-corrected chi connectivity index (χ0v) is 11.9. The number of nitrogens with one attached hydrogen (secondary N) is 1. The summed E-state index contributed by atoms with van der Waals surface area (Å²) in [7, 11) is 0. The minimum atomic E-state index is -0.763. The molecule has 0 heterocycles. The third kappa shape index (κ3) is 4.96. The topological polar surface area (TPSA) is 81.5 Å². The van der Waals surface area contributed by atoms with Crippen LogP contribution in [-0.2, 0) is 4.74 Å². The molecule has 0 unspecified atom stereocenters. The Labute approximate surface area is 121 Å². The molecule has 0 bridgehead atoms. The number of nitro benzene ring substituents is 1. The summed E-state index contributed by atoms with van der Waals surface area (Å²) < 4.78 is 19.0. The van der Waals surface area contributed by atoms with Crippen molar-refractivity contribution in [1.29, 1.82) is 0 Å². The highest BCUT2D eigenvalue weighted by molar-refractivity contribution is 5.95. The lowest BCUT2D eigenvalue weighted by Crippen LogP contribution is -2.28. The lowest BCUT2D eigenvalue weighted by Gasteiger charge is -2.08. The lowest BCUT2D eigenvalue weighted by molar-refractivity contribution is -0.385. The second-order valence-electron chi connectivity index (χ2n) is 4.65. The van der Waals surface area contributed by atoms with Crippen molar-refractivity contribution in [3.05, 3.63) is 51.3 Å². The number of non-ortho nitro benzene ring substituents is 1. The maximum absolute atomic E-state index is 13.9. The fourth-order valence-corrected chi connectivity index (χ4v) is 1.60. The predicted molar refractivity (Wildman–Crippen MR) is 75.8 cm³/mol. The number of benzene rings is 1. The average molecular weight is 296 g/mol. The van der Waals surface area contributed by atoms with Crippen LogP contribution in [0.5, 0.6) is 0 Å². The molecular weight excluding hydrogens is 279 g/mol. The van der Waals surface area contributed by atoms with Crippen molar-refractivity contribution < 1.29 is 18.8 Å². The molecule has 1 aromatic carbocycles. The van der Waals surface area contributed by atoms with E-state index in [2.05, 4.69) is 11.9 Å². The molecule has 1 N–H and O–H groups in total. The maximum atomic E-state index is 13.9. The number of carbonyl (C=O) groups excluding carboxylic acids is 1. The first-order valence-corrected chi connectivity index (χ1v) is 6.27. The van der Waals surface area contributed by atoms with Crippen molar-refractivity contribution in [2.24, 2.45) is 0 Å². The van der Waals surface area contributed by atoms with Crippen LogP contribution >= 0.6 is 0 Å². The Kier molecular flexibility index (Phi) is 5.98. The molecule has 0 saturated heterocycles. The summed E-state index contributed by atoms with van der Waals surface area (Å²) in [5, 5.41) is 13.2. The first kappa shape index (κ1) is 16.8. The predicted octanol–water partition coefficient (Wildman–Crippen LogP) is 2.36. The molecule has 1 aromatic rings. The molecule has 7 heteroatoms. The van der Waals surface area contributed by atoms with E-state index in [-0.39, 0.29) is 30.0 Å². The summed E-state index contributed by atoms with van der Waals surface area (Å²) in [6, 6.07) is 2.01. The van der Waals surface area contributed by atoms with Crippen LogP contribution in [-0.4, -0.2) is 30.6 Å². The Morgan fingerprint density at radius 3 is 2.76 bits per heavy atom. The first-order chi connectivity index (χ1) is 9.82. The van der Waals surface area contributed by atoms with Crippen LogP contribution in [0, 0.1) is 22.9 Å². The quantitative estimate of drug-likeness (QED) is 0.362. The largest absolute Gasteiger partial charge is 0.375 e. The number of rotatable bonds is 7. The summed E-state index contributed by atoms with van der Waals surface area (Å²) in [5.41, 5.74) is 0.230. The number of amides is 1. The van der Waals surface area contributed by atoms with E-state index in [9.17, 15) is 19.3 Å². The molecule has 0 aliphatic heterocycles. The number of nitro groups is 1. The van der Waals surface area contributed by atoms with Gasteiger partial charge in [-0.1, -0.05) is 12.2 Å². The van der Waals surface area contributed by atoms with Crippen LogP contribution in [0.2, 0.25) is 0 Å². The van der Waals surface area contributed by atoms with Crippen molar-refractivity contribution in [2.45, 2.75) is 13.8 Å². The third-order valence-electron chi connectivity index (χ3n) is 2.58. The van der Waals surface area contributed by atoms with E-state index in [1.54, 1.807) is 6.92 Å². The number of ether oxygens (including phenoxy) is 1. The molecule has 114 valence electrons. The zero-order valence-electron chi connectivity index (χ0n) is 11.9. The van der Waals surface area contributed by atoms with Crippen molar-refractivity contribution >= 4 is 11.6 Å². The molecule has 0 aliphatic carbocycles. The smallest absolute Gasteiger partial charge is 0.270 e. The van der Waals surface area contributed by atoms with Gasteiger partial charge in [-0.3, -0.25) is 14.9 Å². The molecule has 0 atom stereocenters. The van der Waals surface area contributed by atoms with E-state index in [1.807, 2.05) is 0 Å². The Balaban J connectivity index is 2.69. The summed E-state index contributed by atoms with van der Waals surface area (Å²) in [6.07, 6.45) is 0. The molecule has 0 radical (unpaired) electrons. The van der Waals surface area contributed by atoms with E-state index in [0.29, 0.717) is 6.61 Å². The number of hydrogen-bond donors (Lipinski definition) is 1. The van der Waals surface area contributed by atoms with Gasteiger partial charge in [0, 0.05) is 18.7 Å². The molecule has 0 aromatic heterocycles. The molecule has 0 spiro atoms. The zero-order chi connectivity index (χ0) is 16.0. The van der Waals surface area contributed by atoms with E-state index in [1.165, 1.54) is 6.92 Å². The van der Waals surface area contributed by atoms with Crippen LogP contribution < -0.4 is 5.32 Å². The average Bonchev–Trinajstić information content (AvgIpc) is 2.40. The van der Waals surface area contributed by atoms with Gasteiger partial charge in [-0.15, -0.1) is 0 Å². The number of hydrogen-bond acceptors (Lipinski definition) is 4. The third-order valence-corrected chi connectivity index (χ3v) is 2.58. The van der Waals surface area contributed by atoms with Gasteiger partial charge in [0.1, 0.15) is 5.82 Å². The number of nitrogens with zero attached hydrogens (tertiary/aromatic N) is 1. The van der Waals surface area contributed by atoms with Crippen LogP contribution in [0.4, 0.5) is 10.1 Å². The van der Waals surface area contributed by atoms with E-state index in [0.717, 1.165) is 17.7 Å². The highest BCUT2D eigenvalue weighted by Crippen LogP contribution is 2.20. The van der Waals surface area contributed by atoms with Gasteiger partial charge in [0.25, 0.3) is 11.6 Å². The van der Waals surface area contributed by atoms with Gasteiger partial charge in [-0.2, -0.15) is 0 Å². The van der Waals surface area contributed by atoms with Gasteiger partial charge in [0.2, 0.25) is 0 Å². The molecule has 6 nitrogen and oxygen atoms in total. The molecule has 1 amide bonds. The fourth-order valence-electron chi connectivity index (χ4n) is 1.60.